The molecule has 3 aliphatic rings. The molecule has 2 N–H and O–H groups in total. The highest BCUT2D eigenvalue weighted by molar-refractivity contribution is 9.10. The number of hydrogen-bond acceptors (Lipinski definition) is 2. The van der Waals surface area contributed by atoms with E-state index in [0.29, 0.717) is 18.4 Å². The van der Waals surface area contributed by atoms with Gasteiger partial charge in [0.1, 0.15) is 5.54 Å². The molecule has 0 bridgehead atoms. The van der Waals surface area contributed by atoms with Crippen LogP contribution < -0.4 is 5.32 Å². The van der Waals surface area contributed by atoms with Gasteiger partial charge in [-0.25, -0.2) is 0 Å². The minimum atomic E-state index is -0.545. The molecule has 3 fully saturated rings. The number of amides is 1. The van der Waals surface area contributed by atoms with Gasteiger partial charge < -0.3 is 5.32 Å². The molecule has 4 rings (SSSR count). The summed E-state index contributed by atoms with van der Waals surface area (Å²) in [6.07, 6.45) is 16.8. The molecule has 1 aromatic carbocycles. The van der Waals surface area contributed by atoms with E-state index >= 15 is 0 Å². The van der Waals surface area contributed by atoms with Gasteiger partial charge in [-0.15, -0.1) is 0 Å². The maximum absolute atomic E-state index is 13.8. The summed E-state index contributed by atoms with van der Waals surface area (Å²) in [6.45, 7) is 0.585. The highest BCUT2D eigenvalue weighted by Gasteiger charge is 2.50. The van der Waals surface area contributed by atoms with Crippen LogP contribution >= 0.6 is 15.9 Å². The van der Waals surface area contributed by atoms with Gasteiger partial charge in [0.25, 0.3) is 5.91 Å². The predicted octanol–water partition coefficient (Wildman–Crippen LogP) is 6.43. The van der Waals surface area contributed by atoms with E-state index in [4.69, 9.17) is 5.41 Å². The van der Waals surface area contributed by atoms with Crippen molar-refractivity contribution in [2.24, 2.45) is 11.8 Å². The van der Waals surface area contributed by atoms with Crippen LogP contribution in [0, 0.1) is 17.2 Å². The third kappa shape index (κ3) is 5.71. The molecule has 170 valence electrons. The topological polar surface area (TPSA) is 56.2 Å². The fraction of sp³-hybridized carbons (Fsp3) is 0.692. The Morgan fingerprint density at radius 3 is 2.23 bits per heavy atom. The van der Waals surface area contributed by atoms with Crippen LogP contribution in [0.3, 0.4) is 0 Å². The smallest absolute Gasteiger partial charge is 0.255 e. The molecule has 1 heterocycles. The first-order valence-corrected chi connectivity index (χ1v) is 13.3. The quantitative estimate of drug-likeness (QED) is 0.443. The van der Waals surface area contributed by atoms with Crippen LogP contribution in [0.15, 0.2) is 28.7 Å². The lowest BCUT2D eigenvalue weighted by atomic mass is 9.75. The molecule has 1 amide bonds. The zero-order valence-electron chi connectivity index (χ0n) is 18.8. The van der Waals surface area contributed by atoms with Crippen molar-refractivity contribution in [1.29, 1.82) is 5.41 Å². The monoisotopic (exact) mass is 487 g/mol. The van der Waals surface area contributed by atoms with Crippen LogP contribution in [-0.2, 0) is 11.2 Å². The lowest BCUT2D eigenvalue weighted by Crippen LogP contribution is -2.49. The second kappa shape index (κ2) is 10.5. The van der Waals surface area contributed by atoms with Crippen molar-refractivity contribution < 1.29 is 4.79 Å². The summed E-state index contributed by atoms with van der Waals surface area (Å²) >= 11 is 3.49. The summed E-state index contributed by atoms with van der Waals surface area (Å²) in [5, 5.41) is 12.1. The standard InChI is InChI=1S/C26H38BrN3O/c27-23-13-11-21(12-14-23)16-18-30-24(31)26(29-25(30)28,19-22-9-5-2-6-10-22)17-15-20-7-3-1-4-8-20/h11-14,20,22H,1-10,15-19H2,(H2,28,29)/t26-/m1/s1. The number of hydrogen-bond donors (Lipinski definition) is 2. The minimum Gasteiger partial charge on any atom is -0.342 e. The van der Waals surface area contributed by atoms with Gasteiger partial charge in [-0.2, -0.15) is 0 Å². The van der Waals surface area contributed by atoms with E-state index in [2.05, 4.69) is 33.4 Å². The van der Waals surface area contributed by atoms with Crippen molar-refractivity contribution in [1.82, 2.24) is 10.2 Å². The normalized spacial score (nSPS) is 25.8. The van der Waals surface area contributed by atoms with Gasteiger partial charge in [0.05, 0.1) is 0 Å². The second-order valence-electron chi connectivity index (χ2n) is 10.1. The zero-order chi connectivity index (χ0) is 21.7. The summed E-state index contributed by atoms with van der Waals surface area (Å²) < 4.78 is 1.07. The van der Waals surface area contributed by atoms with Crippen molar-refractivity contribution >= 4 is 27.8 Å². The Hall–Kier alpha value is -1.36. The van der Waals surface area contributed by atoms with Crippen LogP contribution in [0.5, 0.6) is 0 Å². The number of nitrogens with zero attached hydrogens (tertiary/aromatic N) is 1. The fourth-order valence-electron chi connectivity index (χ4n) is 6.03. The molecule has 31 heavy (non-hydrogen) atoms. The van der Waals surface area contributed by atoms with Gasteiger partial charge in [-0.05, 0) is 55.2 Å². The van der Waals surface area contributed by atoms with Gasteiger partial charge in [0.15, 0.2) is 5.96 Å². The minimum absolute atomic E-state index is 0.163. The summed E-state index contributed by atoms with van der Waals surface area (Å²) in [6, 6.07) is 8.28. The molecule has 5 heteroatoms. The maximum atomic E-state index is 13.8. The number of halogens is 1. The van der Waals surface area contributed by atoms with Gasteiger partial charge in [0.2, 0.25) is 0 Å². The molecule has 0 radical (unpaired) electrons. The molecule has 4 nitrogen and oxygen atoms in total. The molecular weight excluding hydrogens is 450 g/mol. The summed E-state index contributed by atoms with van der Waals surface area (Å²) in [5.41, 5.74) is 0.659. The van der Waals surface area contributed by atoms with E-state index in [9.17, 15) is 4.79 Å². The molecule has 0 spiro atoms. The van der Waals surface area contributed by atoms with E-state index < -0.39 is 5.54 Å². The number of guanidine groups is 1. The van der Waals surface area contributed by atoms with Crippen LogP contribution in [-0.4, -0.2) is 28.9 Å². The first-order chi connectivity index (χ1) is 15.1. The first-order valence-electron chi connectivity index (χ1n) is 12.5. The lowest BCUT2D eigenvalue weighted by molar-refractivity contribution is -0.132. The highest BCUT2D eigenvalue weighted by atomic mass is 79.9. The SMILES string of the molecule is N=C1N[C@](CCC2CCCCC2)(CC2CCCCC2)C(=O)N1CCc1ccc(Br)cc1. The predicted molar refractivity (Wildman–Crippen MR) is 130 cm³/mol. The molecule has 2 saturated carbocycles. The van der Waals surface area contributed by atoms with Crippen LogP contribution in [0.1, 0.15) is 89.0 Å². The molecule has 1 atom stereocenters. The number of carbonyl (C=O) groups excluding carboxylic acids is 1. The first kappa shape index (κ1) is 22.8. The number of nitrogens with one attached hydrogen (secondary N) is 2. The van der Waals surface area contributed by atoms with Crippen LogP contribution in [0.2, 0.25) is 0 Å². The Bertz CT molecular complexity index is 752. The number of benzene rings is 1. The zero-order valence-corrected chi connectivity index (χ0v) is 20.4. The lowest BCUT2D eigenvalue weighted by Gasteiger charge is -2.34. The molecule has 0 aromatic heterocycles. The van der Waals surface area contributed by atoms with Crippen LogP contribution in [0.25, 0.3) is 0 Å². The largest absolute Gasteiger partial charge is 0.342 e. The molecule has 2 aliphatic carbocycles. The molecule has 0 unspecified atom stereocenters. The molecule has 1 aromatic rings. The third-order valence-electron chi connectivity index (χ3n) is 7.89. The summed E-state index contributed by atoms with van der Waals surface area (Å²) in [7, 11) is 0. The highest BCUT2D eigenvalue weighted by Crippen LogP contribution is 2.38. The Kier molecular flexibility index (Phi) is 7.73. The summed E-state index contributed by atoms with van der Waals surface area (Å²) in [5.74, 6) is 1.87. The van der Waals surface area contributed by atoms with Gasteiger partial charge in [-0.1, -0.05) is 92.3 Å². The Morgan fingerprint density at radius 2 is 1.58 bits per heavy atom. The van der Waals surface area contributed by atoms with Crippen LogP contribution in [0.4, 0.5) is 0 Å². The van der Waals surface area contributed by atoms with E-state index in [0.717, 1.165) is 36.1 Å². The number of carbonyl (C=O) groups is 1. The van der Waals surface area contributed by atoms with Crippen molar-refractivity contribution in [3.8, 4) is 0 Å². The maximum Gasteiger partial charge on any atom is 0.255 e. The Balaban J connectivity index is 1.45. The fourth-order valence-corrected chi connectivity index (χ4v) is 6.30. The molecule has 1 aliphatic heterocycles. The average Bonchev–Trinajstić information content (AvgIpc) is 3.02. The van der Waals surface area contributed by atoms with Crippen molar-refractivity contribution in [2.45, 2.75) is 95.4 Å². The molecule has 1 saturated heterocycles. The van der Waals surface area contributed by atoms with E-state index in [1.54, 1.807) is 4.90 Å². The van der Waals surface area contributed by atoms with Gasteiger partial charge in [0, 0.05) is 11.0 Å². The Morgan fingerprint density at radius 1 is 0.968 bits per heavy atom. The third-order valence-corrected chi connectivity index (χ3v) is 8.41. The van der Waals surface area contributed by atoms with Crippen molar-refractivity contribution in [3.63, 3.8) is 0 Å². The Labute approximate surface area is 196 Å². The van der Waals surface area contributed by atoms with Gasteiger partial charge in [-0.3, -0.25) is 15.1 Å². The van der Waals surface area contributed by atoms with E-state index in [1.165, 1.54) is 69.8 Å². The van der Waals surface area contributed by atoms with Crippen molar-refractivity contribution in [3.05, 3.63) is 34.3 Å². The molecular formula is C26H38BrN3O. The average molecular weight is 489 g/mol. The number of rotatable bonds is 8. The van der Waals surface area contributed by atoms with Crippen molar-refractivity contribution in [2.75, 3.05) is 6.54 Å². The summed E-state index contributed by atoms with van der Waals surface area (Å²) in [4.78, 5) is 15.5. The second-order valence-corrected chi connectivity index (χ2v) is 11.1. The van der Waals surface area contributed by atoms with E-state index in [1.807, 2.05) is 12.1 Å². The van der Waals surface area contributed by atoms with Gasteiger partial charge >= 0.3 is 0 Å². The van der Waals surface area contributed by atoms with E-state index in [-0.39, 0.29) is 5.91 Å².